The molecule has 0 aliphatic heterocycles. The molecule has 0 fully saturated rings. The fraction of sp³-hybridized carbons (Fsp3) is 0.500. The third-order valence-corrected chi connectivity index (χ3v) is 2.58. The highest BCUT2D eigenvalue weighted by Crippen LogP contribution is 2.32. The van der Waals surface area contributed by atoms with Gasteiger partial charge in [0, 0.05) is 13.3 Å². The Kier molecular flexibility index (Phi) is 6.67. The summed E-state index contributed by atoms with van der Waals surface area (Å²) in [6.07, 6.45) is 2.00. The summed E-state index contributed by atoms with van der Waals surface area (Å²) in [5, 5.41) is 0. The van der Waals surface area contributed by atoms with Crippen LogP contribution >= 0.6 is 17.1 Å². The van der Waals surface area contributed by atoms with Crippen LogP contribution in [0.4, 0.5) is 0 Å². The Hall–Kier alpha value is 0.320. The average molecular weight is 168 g/mol. The maximum Gasteiger partial charge on any atom is 0.200 e. The van der Waals surface area contributed by atoms with Crippen LogP contribution in [-0.2, 0) is 13.4 Å². The second-order valence-corrected chi connectivity index (χ2v) is 3.80. The summed E-state index contributed by atoms with van der Waals surface area (Å²) in [4.78, 5) is 0. The molecular weight excluding hydrogens is 158 g/mol. The molecule has 3 nitrogen and oxygen atoms in total. The Bertz CT molecular complexity index is 104. The van der Waals surface area contributed by atoms with Crippen molar-refractivity contribution < 1.29 is 13.4 Å². The molecule has 0 aromatic carbocycles. The van der Waals surface area contributed by atoms with Crippen molar-refractivity contribution in [2.75, 3.05) is 13.3 Å². The van der Waals surface area contributed by atoms with E-state index in [4.69, 9.17) is 4.31 Å². The molecule has 0 N–H and O–H groups in total. The molecule has 0 rings (SSSR count). The van der Waals surface area contributed by atoms with Gasteiger partial charge >= 0.3 is 0 Å². The largest absolute Gasteiger partial charge is 0.339 e. The lowest BCUT2D eigenvalue weighted by atomic mass is 10.8. The van der Waals surface area contributed by atoms with E-state index < -0.39 is 8.03 Å². The SMILES string of the molecule is C=CC[PH](=O)OPOC. The number of hydrogen-bond donors (Lipinski definition) is 0. The lowest BCUT2D eigenvalue weighted by molar-refractivity contribution is 0.418. The fourth-order valence-corrected chi connectivity index (χ4v) is 1.52. The van der Waals surface area contributed by atoms with Gasteiger partial charge in [-0.2, -0.15) is 0 Å². The lowest BCUT2D eigenvalue weighted by Crippen LogP contribution is -1.69. The first kappa shape index (κ1) is 9.32. The normalized spacial score (nSPS) is 14.3. The van der Waals surface area contributed by atoms with Gasteiger partial charge < -0.3 is 4.52 Å². The van der Waals surface area contributed by atoms with E-state index in [1.807, 2.05) is 0 Å². The zero-order valence-electron chi connectivity index (χ0n) is 5.22. The van der Waals surface area contributed by atoms with Crippen molar-refractivity contribution in [3.63, 3.8) is 0 Å². The maximum absolute atomic E-state index is 10.6. The Morgan fingerprint density at radius 3 is 3.00 bits per heavy atom. The maximum atomic E-state index is 10.6. The van der Waals surface area contributed by atoms with E-state index >= 15 is 0 Å². The third-order valence-electron chi connectivity index (χ3n) is 0.550. The number of allylic oxidation sites excluding steroid dienone is 1. The topological polar surface area (TPSA) is 35.5 Å². The molecule has 0 radical (unpaired) electrons. The first-order valence-corrected chi connectivity index (χ1v) is 4.73. The summed E-state index contributed by atoms with van der Waals surface area (Å²) < 4.78 is 19.9. The predicted molar refractivity (Wildman–Crippen MR) is 40.5 cm³/mol. The molecule has 0 aromatic heterocycles. The lowest BCUT2D eigenvalue weighted by Gasteiger charge is -1.96. The van der Waals surface area contributed by atoms with E-state index in [0.717, 1.165) is 0 Å². The number of hydrogen-bond acceptors (Lipinski definition) is 3. The molecule has 0 heterocycles. The molecule has 9 heavy (non-hydrogen) atoms. The Labute approximate surface area is 57.3 Å². The van der Waals surface area contributed by atoms with E-state index in [1.54, 1.807) is 6.08 Å². The van der Waals surface area contributed by atoms with E-state index in [2.05, 4.69) is 11.1 Å². The van der Waals surface area contributed by atoms with Crippen molar-refractivity contribution in [2.45, 2.75) is 0 Å². The second-order valence-electron chi connectivity index (χ2n) is 1.25. The highest BCUT2D eigenvalue weighted by Gasteiger charge is 1.93. The molecular formula is C4H10O3P2. The summed E-state index contributed by atoms with van der Waals surface area (Å²) >= 11 is 0. The van der Waals surface area contributed by atoms with Gasteiger partial charge in [-0.05, 0) is 0 Å². The van der Waals surface area contributed by atoms with Crippen molar-refractivity contribution in [1.29, 1.82) is 0 Å². The Morgan fingerprint density at radius 1 is 1.89 bits per heavy atom. The van der Waals surface area contributed by atoms with Gasteiger partial charge in [-0.25, -0.2) is 0 Å². The van der Waals surface area contributed by atoms with E-state index in [9.17, 15) is 4.57 Å². The summed E-state index contributed by atoms with van der Waals surface area (Å²) in [6, 6.07) is 0. The molecule has 0 aromatic rings. The monoisotopic (exact) mass is 168 g/mol. The predicted octanol–water partition coefficient (Wildman–Crippen LogP) is 1.82. The van der Waals surface area contributed by atoms with Gasteiger partial charge in [0.15, 0.2) is 17.1 Å². The quantitative estimate of drug-likeness (QED) is 0.464. The molecule has 0 aliphatic carbocycles. The fourth-order valence-electron chi connectivity index (χ4n) is 0.248. The smallest absolute Gasteiger partial charge is 0.200 e. The molecule has 0 spiro atoms. The van der Waals surface area contributed by atoms with Crippen molar-refractivity contribution in [1.82, 2.24) is 0 Å². The van der Waals surface area contributed by atoms with Crippen LogP contribution in [0.15, 0.2) is 12.7 Å². The second kappa shape index (κ2) is 6.44. The van der Waals surface area contributed by atoms with Crippen molar-refractivity contribution in [2.24, 2.45) is 0 Å². The number of rotatable bonds is 5. The van der Waals surface area contributed by atoms with Crippen molar-refractivity contribution >= 4 is 17.1 Å². The average Bonchev–Trinajstić information content (AvgIpc) is 1.85. The van der Waals surface area contributed by atoms with Crippen molar-refractivity contribution in [3.8, 4) is 0 Å². The molecule has 2 unspecified atom stereocenters. The standard InChI is InChI=1S/C4H10O3P2/c1-3-4-9(5)7-8-6-2/h3,8-9H,1,4H2,2H3. The minimum Gasteiger partial charge on any atom is -0.339 e. The third kappa shape index (κ3) is 6.20. The molecule has 2 atom stereocenters. The first-order chi connectivity index (χ1) is 4.31. The molecule has 0 amide bonds. The zero-order chi connectivity index (χ0) is 7.11. The summed E-state index contributed by atoms with van der Waals surface area (Å²) in [6.45, 7) is 3.42. The summed E-state index contributed by atoms with van der Waals surface area (Å²) in [5.74, 6) is 0. The van der Waals surface area contributed by atoms with Gasteiger partial charge in [-0.15, -0.1) is 6.58 Å². The van der Waals surface area contributed by atoms with Crippen LogP contribution in [0.1, 0.15) is 0 Å². The van der Waals surface area contributed by atoms with E-state index in [1.165, 1.54) is 7.11 Å². The van der Waals surface area contributed by atoms with Crippen LogP contribution in [-0.4, -0.2) is 13.3 Å². The minimum absolute atomic E-state index is 0.110. The van der Waals surface area contributed by atoms with Crippen molar-refractivity contribution in [3.05, 3.63) is 12.7 Å². The van der Waals surface area contributed by atoms with Crippen LogP contribution in [0.5, 0.6) is 0 Å². The highest BCUT2D eigenvalue weighted by atomic mass is 31.2. The highest BCUT2D eigenvalue weighted by molar-refractivity contribution is 7.48. The van der Waals surface area contributed by atoms with Gasteiger partial charge in [0.25, 0.3) is 0 Å². The molecule has 0 saturated carbocycles. The van der Waals surface area contributed by atoms with Crippen LogP contribution in [0.25, 0.3) is 0 Å². The molecule has 0 saturated heterocycles. The van der Waals surface area contributed by atoms with Crippen LogP contribution < -0.4 is 0 Å². The minimum atomic E-state index is -1.88. The zero-order valence-corrected chi connectivity index (χ0v) is 7.22. The van der Waals surface area contributed by atoms with E-state index in [0.29, 0.717) is 6.16 Å². The van der Waals surface area contributed by atoms with Gasteiger partial charge in [0.05, 0.1) is 0 Å². The molecule has 0 bridgehead atoms. The Morgan fingerprint density at radius 2 is 2.56 bits per heavy atom. The van der Waals surface area contributed by atoms with Gasteiger partial charge in [-0.1, -0.05) is 6.08 Å². The molecule has 0 aliphatic rings. The van der Waals surface area contributed by atoms with Crippen LogP contribution in [0, 0.1) is 0 Å². The van der Waals surface area contributed by atoms with Gasteiger partial charge in [0.2, 0.25) is 0 Å². The Balaban J connectivity index is 3.16. The summed E-state index contributed by atoms with van der Waals surface area (Å²) in [5.41, 5.74) is 0. The van der Waals surface area contributed by atoms with Gasteiger partial charge in [-0.3, -0.25) is 8.88 Å². The van der Waals surface area contributed by atoms with Gasteiger partial charge in [0.1, 0.15) is 0 Å². The van der Waals surface area contributed by atoms with E-state index in [-0.39, 0.29) is 9.03 Å². The van der Waals surface area contributed by atoms with Crippen LogP contribution in [0.3, 0.4) is 0 Å². The first-order valence-electron chi connectivity index (χ1n) is 2.39. The van der Waals surface area contributed by atoms with Crippen LogP contribution in [0.2, 0.25) is 0 Å². The molecule has 54 valence electrons. The molecule has 5 heteroatoms. The summed E-state index contributed by atoms with van der Waals surface area (Å²) in [7, 11) is -0.492.